The first-order chi connectivity index (χ1) is 7.24. The summed E-state index contributed by atoms with van der Waals surface area (Å²) in [4.78, 5) is 0. The van der Waals surface area contributed by atoms with E-state index in [1.165, 1.54) is 6.07 Å². The lowest BCUT2D eigenvalue weighted by Crippen LogP contribution is -2.37. The van der Waals surface area contributed by atoms with Crippen LogP contribution in [0.25, 0.3) is 0 Å². The number of halogens is 3. The molecule has 0 aliphatic heterocycles. The Balaban J connectivity index is 3.17. The van der Waals surface area contributed by atoms with E-state index in [9.17, 15) is 13.9 Å². The van der Waals surface area contributed by atoms with Crippen LogP contribution < -0.4 is 5.73 Å². The van der Waals surface area contributed by atoms with Crippen molar-refractivity contribution < 1.29 is 13.9 Å². The van der Waals surface area contributed by atoms with E-state index in [1.807, 2.05) is 0 Å². The van der Waals surface area contributed by atoms with Crippen molar-refractivity contribution in [2.75, 3.05) is 0 Å². The molecule has 16 heavy (non-hydrogen) atoms. The molecule has 0 fully saturated rings. The molecular weight excluding hydrogens is 280 g/mol. The van der Waals surface area contributed by atoms with E-state index in [-0.39, 0.29) is 16.5 Å². The number of hydrogen-bond acceptors (Lipinski definition) is 2. The first-order valence-corrected chi connectivity index (χ1v) is 5.65. The molecule has 1 aromatic rings. The van der Waals surface area contributed by atoms with Crippen molar-refractivity contribution >= 4 is 15.9 Å². The molecule has 0 aliphatic carbocycles. The monoisotopic (exact) mass is 293 g/mol. The summed E-state index contributed by atoms with van der Waals surface area (Å²) in [6, 6.07) is 2.10. The number of hydrogen-bond donors (Lipinski definition) is 2. The van der Waals surface area contributed by atoms with Crippen LogP contribution in [0.2, 0.25) is 0 Å². The Morgan fingerprint density at radius 3 is 2.50 bits per heavy atom. The van der Waals surface area contributed by atoms with Gasteiger partial charge >= 0.3 is 0 Å². The smallest absolute Gasteiger partial charge is 0.140 e. The zero-order chi connectivity index (χ0) is 12.5. The fraction of sp³-hybridized carbons (Fsp3) is 0.455. The normalized spacial score (nSPS) is 16.9. The van der Waals surface area contributed by atoms with E-state index in [1.54, 1.807) is 13.8 Å². The molecule has 0 saturated carbocycles. The van der Waals surface area contributed by atoms with Gasteiger partial charge in [0.15, 0.2) is 0 Å². The van der Waals surface area contributed by atoms with Crippen LogP contribution in [0.4, 0.5) is 8.78 Å². The molecule has 0 bridgehead atoms. The second-order valence-electron chi connectivity index (χ2n) is 4.22. The molecule has 0 aromatic heterocycles. The molecule has 0 aliphatic rings. The lowest BCUT2D eigenvalue weighted by Gasteiger charge is -2.27. The van der Waals surface area contributed by atoms with Crippen molar-refractivity contribution in [2.24, 2.45) is 5.73 Å². The summed E-state index contributed by atoms with van der Waals surface area (Å²) in [5, 5.41) is 9.28. The van der Waals surface area contributed by atoms with Gasteiger partial charge in [-0.2, -0.15) is 0 Å². The van der Waals surface area contributed by atoms with Gasteiger partial charge in [0, 0.05) is 17.2 Å². The largest absolute Gasteiger partial charge is 0.393 e. The van der Waals surface area contributed by atoms with Crippen molar-refractivity contribution in [3.63, 3.8) is 0 Å². The molecule has 2 unspecified atom stereocenters. The highest BCUT2D eigenvalue weighted by molar-refractivity contribution is 9.10. The quantitative estimate of drug-likeness (QED) is 0.842. The summed E-state index contributed by atoms with van der Waals surface area (Å²) in [5.74, 6) is -1.37. The number of nitrogens with two attached hydrogens (primary N) is 1. The van der Waals surface area contributed by atoms with Crippen LogP contribution in [0.3, 0.4) is 0 Å². The highest BCUT2D eigenvalue weighted by Crippen LogP contribution is 2.29. The number of aliphatic hydroxyl groups excluding tert-OH is 1. The lowest BCUT2D eigenvalue weighted by molar-refractivity contribution is 0.152. The highest BCUT2D eigenvalue weighted by Gasteiger charge is 2.27. The second-order valence-corrected chi connectivity index (χ2v) is 5.07. The van der Waals surface area contributed by atoms with E-state index < -0.39 is 23.3 Å². The highest BCUT2D eigenvalue weighted by atomic mass is 79.9. The molecule has 1 rings (SSSR count). The summed E-state index contributed by atoms with van der Waals surface area (Å²) in [5.41, 5.74) is 5.06. The summed E-state index contributed by atoms with van der Waals surface area (Å²) < 4.78 is 26.7. The van der Waals surface area contributed by atoms with E-state index in [0.29, 0.717) is 0 Å². The Morgan fingerprint density at radius 1 is 1.44 bits per heavy atom. The van der Waals surface area contributed by atoms with Gasteiger partial charge in [0.25, 0.3) is 0 Å². The van der Waals surface area contributed by atoms with Crippen molar-refractivity contribution in [1.29, 1.82) is 0 Å². The van der Waals surface area contributed by atoms with Gasteiger partial charge in [0.05, 0.1) is 10.6 Å². The van der Waals surface area contributed by atoms with Gasteiger partial charge in [0.1, 0.15) is 11.6 Å². The maximum Gasteiger partial charge on any atom is 0.140 e. The Hall–Kier alpha value is -0.520. The van der Waals surface area contributed by atoms with Crippen LogP contribution >= 0.6 is 15.9 Å². The predicted octanol–water partition coefficient (Wildman–Crippen LogP) is 2.67. The van der Waals surface area contributed by atoms with Crippen LogP contribution in [-0.2, 0) is 5.54 Å². The third kappa shape index (κ3) is 2.99. The fourth-order valence-electron chi connectivity index (χ4n) is 1.68. The average molecular weight is 294 g/mol. The molecule has 0 spiro atoms. The molecule has 1 aromatic carbocycles. The van der Waals surface area contributed by atoms with E-state index in [2.05, 4.69) is 15.9 Å². The van der Waals surface area contributed by atoms with Gasteiger partial charge in [-0.15, -0.1) is 0 Å². The topological polar surface area (TPSA) is 46.2 Å². The Kier molecular flexibility index (Phi) is 4.04. The maximum absolute atomic E-state index is 13.6. The molecule has 0 radical (unpaired) electrons. The maximum atomic E-state index is 13.6. The fourth-order valence-corrected chi connectivity index (χ4v) is 2.03. The van der Waals surface area contributed by atoms with Gasteiger partial charge in [-0.05, 0) is 42.3 Å². The van der Waals surface area contributed by atoms with Crippen LogP contribution in [0.1, 0.15) is 25.8 Å². The number of benzene rings is 1. The van der Waals surface area contributed by atoms with Crippen LogP contribution in [0.15, 0.2) is 16.6 Å². The van der Waals surface area contributed by atoms with Gasteiger partial charge in [-0.3, -0.25) is 0 Å². The standard InChI is InChI=1S/C11H14BrF2NO/c1-6(16)5-11(2,15)7-3-8(12)10(14)4-9(7)13/h3-4,6,16H,5,15H2,1-2H3. The van der Waals surface area contributed by atoms with Crippen molar-refractivity contribution in [2.45, 2.75) is 31.9 Å². The van der Waals surface area contributed by atoms with Crippen LogP contribution in [0, 0.1) is 11.6 Å². The summed E-state index contributed by atoms with van der Waals surface area (Å²) in [6.45, 7) is 3.17. The van der Waals surface area contributed by atoms with E-state index in [4.69, 9.17) is 5.73 Å². The lowest BCUT2D eigenvalue weighted by atomic mass is 9.87. The van der Waals surface area contributed by atoms with Gasteiger partial charge in [0.2, 0.25) is 0 Å². The SMILES string of the molecule is CC(O)CC(C)(N)c1cc(Br)c(F)cc1F. The zero-order valence-electron chi connectivity index (χ0n) is 9.10. The number of rotatable bonds is 3. The van der Waals surface area contributed by atoms with Gasteiger partial charge < -0.3 is 10.8 Å². The minimum absolute atomic E-state index is 0.158. The Labute approximate surface area is 102 Å². The average Bonchev–Trinajstić information content (AvgIpc) is 2.08. The van der Waals surface area contributed by atoms with Crippen LogP contribution in [-0.4, -0.2) is 11.2 Å². The van der Waals surface area contributed by atoms with Gasteiger partial charge in [-0.25, -0.2) is 8.78 Å². The first kappa shape index (κ1) is 13.5. The summed E-state index contributed by atoms with van der Waals surface area (Å²) in [7, 11) is 0. The van der Waals surface area contributed by atoms with E-state index >= 15 is 0 Å². The molecule has 0 heterocycles. The molecule has 90 valence electrons. The van der Waals surface area contributed by atoms with Crippen molar-refractivity contribution in [1.82, 2.24) is 0 Å². The summed E-state index contributed by atoms with van der Waals surface area (Å²) in [6.07, 6.45) is -0.458. The first-order valence-electron chi connectivity index (χ1n) is 4.86. The summed E-state index contributed by atoms with van der Waals surface area (Å²) >= 11 is 2.98. The number of aliphatic hydroxyl groups is 1. The predicted molar refractivity (Wildman–Crippen MR) is 61.9 cm³/mol. The van der Waals surface area contributed by atoms with E-state index in [0.717, 1.165) is 6.07 Å². The Morgan fingerprint density at radius 2 is 2.00 bits per heavy atom. The Bertz CT molecular complexity index is 394. The second kappa shape index (κ2) is 4.77. The van der Waals surface area contributed by atoms with Crippen LogP contribution in [0.5, 0.6) is 0 Å². The molecule has 5 heteroatoms. The molecule has 2 nitrogen and oxygen atoms in total. The molecule has 0 amide bonds. The minimum Gasteiger partial charge on any atom is -0.393 e. The van der Waals surface area contributed by atoms with Gasteiger partial charge in [-0.1, -0.05) is 0 Å². The molecule has 0 saturated heterocycles. The molecule has 3 N–H and O–H groups in total. The third-order valence-electron chi connectivity index (χ3n) is 2.34. The molecular formula is C11H14BrF2NO. The molecule has 2 atom stereocenters. The van der Waals surface area contributed by atoms with Crippen molar-refractivity contribution in [3.8, 4) is 0 Å². The minimum atomic E-state index is -1.03. The third-order valence-corrected chi connectivity index (χ3v) is 2.95. The zero-order valence-corrected chi connectivity index (χ0v) is 10.7. The van der Waals surface area contributed by atoms with Crippen molar-refractivity contribution in [3.05, 3.63) is 33.8 Å².